The van der Waals surface area contributed by atoms with E-state index in [0.717, 1.165) is 24.8 Å². The van der Waals surface area contributed by atoms with Crippen molar-refractivity contribution >= 4 is 17.7 Å². The van der Waals surface area contributed by atoms with E-state index < -0.39 is 0 Å². The second kappa shape index (κ2) is 4.28. The Labute approximate surface area is 112 Å². The van der Waals surface area contributed by atoms with Crippen molar-refractivity contribution in [1.29, 1.82) is 0 Å². The van der Waals surface area contributed by atoms with Crippen LogP contribution < -0.4 is 5.84 Å². The Bertz CT molecular complexity index is 495. The standard InChI is InChI=1S/C14H18N2OS/c1-16(15)13(17)14(6-7-14)11-4-5-12-10(9-11)3-2-8-18-12/h4-5,9H,2-3,6-8,15H2,1H3. The molecule has 0 aromatic heterocycles. The van der Waals surface area contributed by atoms with Crippen molar-refractivity contribution in [3.63, 3.8) is 0 Å². The van der Waals surface area contributed by atoms with Crippen molar-refractivity contribution in [2.75, 3.05) is 12.8 Å². The minimum Gasteiger partial charge on any atom is -0.283 e. The lowest BCUT2D eigenvalue weighted by atomic mass is 9.92. The normalized spacial score (nSPS) is 20.1. The summed E-state index contributed by atoms with van der Waals surface area (Å²) in [6, 6.07) is 6.53. The molecule has 4 heteroatoms. The molecular weight excluding hydrogens is 244 g/mol. The molecule has 1 saturated carbocycles. The van der Waals surface area contributed by atoms with Crippen LogP contribution in [0.1, 0.15) is 30.4 Å². The highest BCUT2D eigenvalue weighted by Gasteiger charge is 2.52. The fourth-order valence-corrected chi connectivity index (χ4v) is 3.77. The lowest BCUT2D eigenvalue weighted by Crippen LogP contribution is -2.41. The Morgan fingerprint density at radius 2 is 2.22 bits per heavy atom. The molecule has 2 aliphatic rings. The quantitative estimate of drug-likeness (QED) is 0.504. The maximum Gasteiger partial charge on any atom is 0.246 e. The molecule has 1 aliphatic carbocycles. The largest absolute Gasteiger partial charge is 0.283 e. The van der Waals surface area contributed by atoms with Crippen LogP contribution in [0.3, 0.4) is 0 Å². The fraction of sp³-hybridized carbons (Fsp3) is 0.500. The topological polar surface area (TPSA) is 46.3 Å². The third-order valence-corrected chi connectivity index (χ3v) is 5.14. The number of nitrogens with zero attached hydrogens (tertiary/aromatic N) is 1. The number of aryl methyl sites for hydroxylation is 1. The van der Waals surface area contributed by atoms with Crippen molar-refractivity contribution in [2.24, 2.45) is 5.84 Å². The van der Waals surface area contributed by atoms with E-state index in [1.807, 2.05) is 11.8 Å². The fourth-order valence-electron chi connectivity index (χ4n) is 2.75. The molecule has 0 saturated heterocycles. The van der Waals surface area contributed by atoms with Crippen molar-refractivity contribution in [3.8, 4) is 0 Å². The number of rotatable bonds is 2. The number of carbonyl (C=O) groups excluding carboxylic acids is 1. The predicted molar refractivity (Wildman–Crippen MR) is 73.4 cm³/mol. The van der Waals surface area contributed by atoms with E-state index in [1.54, 1.807) is 7.05 Å². The second-order valence-electron chi connectivity index (χ2n) is 5.27. The third kappa shape index (κ3) is 1.84. The van der Waals surface area contributed by atoms with E-state index >= 15 is 0 Å². The Balaban J connectivity index is 1.95. The maximum atomic E-state index is 12.2. The summed E-state index contributed by atoms with van der Waals surface area (Å²) in [4.78, 5) is 13.6. The second-order valence-corrected chi connectivity index (χ2v) is 6.41. The van der Waals surface area contributed by atoms with Crippen LogP contribution in [0.5, 0.6) is 0 Å². The van der Waals surface area contributed by atoms with Gasteiger partial charge in [0.15, 0.2) is 0 Å². The van der Waals surface area contributed by atoms with Crippen LogP contribution in [-0.4, -0.2) is 23.7 Å². The molecule has 0 bridgehead atoms. The number of hydrazine groups is 1. The highest BCUT2D eigenvalue weighted by molar-refractivity contribution is 7.99. The number of fused-ring (bicyclic) bond motifs is 1. The molecule has 0 radical (unpaired) electrons. The van der Waals surface area contributed by atoms with Gasteiger partial charge in [0.1, 0.15) is 0 Å². The number of amides is 1. The SMILES string of the molecule is CN(N)C(=O)C1(c2ccc3c(c2)CCCS3)CC1. The molecule has 1 aromatic rings. The Morgan fingerprint density at radius 3 is 2.89 bits per heavy atom. The first kappa shape index (κ1) is 12.1. The Hall–Kier alpha value is -1.00. The van der Waals surface area contributed by atoms with Gasteiger partial charge in [-0.3, -0.25) is 9.80 Å². The molecular formula is C14H18N2OS. The molecule has 0 atom stereocenters. The lowest BCUT2D eigenvalue weighted by molar-refractivity contribution is -0.132. The molecule has 1 aliphatic heterocycles. The summed E-state index contributed by atoms with van der Waals surface area (Å²) in [5.74, 6) is 6.87. The molecule has 1 fully saturated rings. The Kier molecular flexibility index (Phi) is 2.87. The number of likely N-dealkylation sites (N-methyl/N-ethyl adjacent to an activating group) is 1. The molecule has 1 amide bonds. The van der Waals surface area contributed by atoms with Crippen LogP contribution in [0.4, 0.5) is 0 Å². The number of hydrogen-bond acceptors (Lipinski definition) is 3. The molecule has 2 N–H and O–H groups in total. The first-order valence-electron chi connectivity index (χ1n) is 6.42. The Morgan fingerprint density at radius 1 is 1.44 bits per heavy atom. The molecule has 0 spiro atoms. The number of nitrogens with two attached hydrogens (primary N) is 1. The smallest absolute Gasteiger partial charge is 0.246 e. The van der Waals surface area contributed by atoms with Crippen LogP contribution in [0.2, 0.25) is 0 Å². The van der Waals surface area contributed by atoms with Gasteiger partial charge in [-0.05, 0) is 48.6 Å². The highest BCUT2D eigenvalue weighted by Crippen LogP contribution is 2.50. The summed E-state index contributed by atoms with van der Waals surface area (Å²) in [7, 11) is 1.64. The van der Waals surface area contributed by atoms with Crippen molar-refractivity contribution in [3.05, 3.63) is 29.3 Å². The van der Waals surface area contributed by atoms with Crippen LogP contribution >= 0.6 is 11.8 Å². The van der Waals surface area contributed by atoms with Gasteiger partial charge < -0.3 is 0 Å². The van der Waals surface area contributed by atoms with Gasteiger partial charge in [-0.15, -0.1) is 11.8 Å². The monoisotopic (exact) mass is 262 g/mol. The lowest BCUT2D eigenvalue weighted by Gasteiger charge is -2.22. The average molecular weight is 262 g/mol. The zero-order valence-electron chi connectivity index (χ0n) is 10.6. The summed E-state index contributed by atoms with van der Waals surface area (Å²) >= 11 is 1.92. The van der Waals surface area contributed by atoms with E-state index in [4.69, 9.17) is 5.84 Å². The first-order valence-corrected chi connectivity index (χ1v) is 7.41. The van der Waals surface area contributed by atoms with E-state index in [9.17, 15) is 4.79 Å². The van der Waals surface area contributed by atoms with Crippen LogP contribution in [-0.2, 0) is 16.6 Å². The number of benzene rings is 1. The van der Waals surface area contributed by atoms with Gasteiger partial charge in [-0.2, -0.15) is 0 Å². The predicted octanol–water partition coefficient (Wildman–Crippen LogP) is 2.09. The maximum absolute atomic E-state index is 12.2. The number of thioether (sulfide) groups is 1. The van der Waals surface area contributed by atoms with Crippen molar-refractivity contribution in [2.45, 2.75) is 36.0 Å². The summed E-state index contributed by atoms with van der Waals surface area (Å²) in [6.07, 6.45) is 4.23. The summed E-state index contributed by atoms with van der Waals surface area (Å²) in [5.41, 5.74) is 2.24. The average Bonchev–Trinajstić information content (AvgIpc) is 3.18. The zero-order valence-corrected chi connectivity index (χ0v) is 11.4. The number of hydrogen-bond donors (Lipinski definition) is 1. The van der Waals surface area contributed by atoms with Gasteiger partial charge >= 0.3 is 0 Å². The van der Waals surface area contributed by atoms with Gasteiger partial charge in [0.25, 0.3) is 0 Å². The molecule has 18 heavy (non-hydrogen) atoms. The van der Waals surface area contributed by atoms with Crippen LogP contribution in [0.25, 0.3) is 0 Å². The van der Waals surface area contributed by atoms with Gasteiger partial charge in [0.2, 0.25) is 5.91 Å². The molecule has 3 rings (SSSR count). The van der Waals surface area contributed by atoms with E-state index in [2.05, 4.69) is 18.2 Å². The van der Waals surface area contributed by atoms with Crippen molar-refractivity contribution in [1.82, 2.24) is 5.01 Å². The summed E-state index contributed by atoms with van der Waals surface area (Å²) < 4.78 is 0. The van der Waals surface area contributed by atoms with Gasteiger partial charge in [0.05, 0.1) is 5.41 Å². The van der Waals surface area contributed by atoms with Gasteiger partial charge in [-0.25, -0.2) is 5.84 Å². The van der Waals surface area contributed by atoms with Crippen LogP contribution in [0, 0.1) is 0 Å². The van der Waals surface area contributed by atoms with Crippen molar-refractivity contribution < 1.29 is 4.79 Å². The molecule has 3 nitrogen and oxygen atoms in total. The van der Waals surface area contributed by atoms with E-state index in [1.165, 1.54) is 27.6 Å². The van der Waals surface area contributed by atoms with Gasteiger partial charge in [-0.1, -0.05) is 12.1 Å². The molecule has 96 valence electrons. The zero-order chi connectivity index (χ0) is 12.8. The minimum atomic E-state index is -0.319. The van der Waals surface area contributed by atoms with E-state index in [0.29, 0.717) is 0 Å². The number of carbonyl (C=O) groups is 1. The summed E-state index contributed by atoms with van der Waals surface area (Å²) in [5, 5.41) is 1.24. The first-order chi connectivity index (χ1) is 8.63. The van der Waals surface area contributed by atoms with Gasteiger partial charge in [0, 0.05) is 11.9 Å². The van der Waals surface area contributed by atoms with Crippen LogP contribution in [0.15, 0.2) is 23.1 Å². The third-order valence-electron chi connectivity index (χ3n) is 3.94. The minimum absolute atomic E-state index is 0.0471. The van der Waals surface area contributed by atoms with E-state index in [-0.39, 0.29) is 11.3 Å². The summed E-state index contributed by atoms with van der Waals surface area (Å²) in [6.45, 7) is 0. The highest BCUT2D eigenvalue weighted by atomic mass is 32.2. The molecule has 0 unspecified atom stereocenters. The molecule has 1 aromatic carbocycles. The molecule has 1 heterocycles.